The first-order chi connectivity index (χ1) is 16.7. The topological polar surface area (TPSA) is 85.8 Å². The molecule has 1 atom stereocenters. The summed E-state index contributed by atoms with van der Waals surface area (Å²) in [6.45, 7) is 4.45. The fourth-order valence-corrected chi connectivity index (χ4v) is 3.89. The molecule has 0 saturated carbocycles. The minimum Gasteiger partial charge on any atom is -0.497 e. The molecular formula is C26H30N4O4. The summed E-state index contributed by atoms with van der Waals surface area (Å²) in [6.07, 6.45) is 5.05. The Morgan fingerprint density at radius 1 is 1.12 bits per heavy atom. The second kappa shape index (κ2) is 11.4. The summed E-state index contributed by atoms with van der Waals surface area (Å²) in [5.74, 6) is 2.63. The quantitative estimate of drug-likeness (QED) is 0.517. The molecule has 1 fully saturated rings. The Kier molecular flexibility index (Phi) is 7.80. The van der Waals surface area contributed by atoms with E-state index in [1.807, 2.05) is 55.5 Å². The summed E-state index contributed by atoms with van der Waals surface area (Å²) in [6, 6.07) is 15.3. The molecule has 1 aliphatic rings. The lowest BCUT2D eigenvalue weighted by atomic mass is 10.1. The van der Waals surface area contributed by atoms with E-state index in [4.69, 9.17) is 14.2 Å². The first kappa shape index (κ1) is 23.4. The highest BCUT2D eigenvalue weighted by Gasteiger charge is 2.24. The van der Waals surface area contributed by atoms with E-state index >= 15 is 0 Å². The van der Waals surface area contributed by atoms with Crippen molar-refractivity contribution in [3.63, 3.8) is 0 Å². The Bertz CT molecular complexity index is 1090. The van der Waals surface area contributed by atoms with E-state index in [9.17, 15) is 4.79 Å². The molecule has 3 aromatic rings. The Hall–Kier alpha value is -3.81. The third kappa shape index (κ3) is 5.95. The van der Waals surface area contributed by atoms with E-state index in [0.717, 1.165) is 42.2 Å². The fourth-order valence-electron chi connectivity index (χ4n) is 3.89. The van der Waals surface area contributed by atoms with Crippen molar-refractivity contribution in [1.29, 1.82) is 0 Å². The molecular weight excluding hydrogens is 432 g/mol. The first-order valence-electron chi connectivity index (χ1n) is 11.5. The maximum absolute atomic E-state index is 12.5. The first-order valence-corrected chi connectivity index (χ1v) is 11.5. The van der Waals surface area contributed by atoms with Gasteiger partial charge in [-0.25, -0.2) is 9.97 Å². The maximum Gasteiger partial charge on any atom is 0.254 e. The molecule has 4 rings (SSSR count). The van der Waals surface area contributed by atoms with Gasteiger partial charge in [0.15, 0.2) is 11.5 Å². The fraction of sp³-hybridized carbons (Fsp3) is 0.346. The maximum atomic E-state index is 12.5. The number of carbonyl (C=O) groups is 1. The average Bonchev–Trinajstić information content (AvgIpc) is 2.89. The predicted molar refractivity (Wildman–Crippen MR) is 130 cm³/mol. The Morgan fingerprint density at radius 2 is 1.91 bits per heavy atom. The van der Waals surface area contributed by atoms with Crippen molar-refractivity contribution in [2.45, 2.75) is 32.4 Å². The van der Waals surface area contributed by atoms with Gasteiger partial charge in [0, 0.05) is 25.5 Å². The van der Waals surface area contributed by atoms with Gasteiger partial charge >= 0.3 is 0 Å². The van der Waals surface area contributed by atoms with Gasteiger partial charge in [-0.05, 0) is 49.6 Å². The van der Waals surface area contributed by atoms with Gasteiger partial charge in [0.25, 0.3) is 5.91 Å². The normalized spacial score (nSPS) is 15.5. The third-order valence-corrected chi connectivity index (χ3v) is 5.59. The molecule has 1 unspecified atom stereocenters. The number of carbonyl (C=O) groups excluding carboxylic acids is 1. The third-order valence-electron chi connectivity index (χ3n) is 5.59. The highest BCUT2D eigenvalue weighted by atomic mass is 16.5. The van der Waals surface area contributed by atoms with Crippen molar-refractivity contribution in [3.05, 3.63) is 72.1 Å². The molecule has 0 spiro atoms. The smallest absolute Gasteiger partial charge is 0.254 e. The molecule has 1 N–H and O–H groups in total. The number of para-hydroxylation sites is 2. The summed E-state index contributed by atoms with van der Waals surface area (Å²) < 4.78 is 17.1. The lowest BCUT2D eigenvalue weighted by molar-refractivity contribution is 0.0950. The van der Waals surface area contributed by atoms with E-state index in [1.54, 1.807) is 19.5 Å². The van der Waals surface area contributed by atoms with Gasteiger partial charge in [-0.1, -0.05) is 24.3 Å². The number of benzene rings is 2. The van der Waals surface area contributed by atoms with Gasteiger partial charge in [0.2, 0.25) is 5.95 Å². The van der Waals surface area contributed by atoms with Gasteiger partial charge < -0.3 is 24.4 Å². The van der Waals surface area contributed by atoms with Crippen LogP contribution in [0.3, 0.4) is 0 Å². The van der Waals surface area contributed by atoms with Gasteiger partial charge in [-0.2, -0.15) is 0 Å². The second-order valence-electron chi connectivity index (χ2n) is 8.01. The zero-order valence-electron chi connectivity index (χ0n) is 19.6. The van der Waals surface area contributed by atoms with Crippen LogP contribution in [0.15, 0.2) is 60.9 Å². The van der Waals surface area contributed by atoms with Crippen LogP contribution in [-0.4, -0.2) is 48.8 Å². The molecule has 1 aromatic heterocycles. The van der Waals surface area contributed by atoms with Crippen molar-refractivity contribution >= 4 is 11.9 Å². The van der Waals surface area contributed by atoms with Gasteiger partial charge in [-0.3, -0.25) is 4.79 Å². The Labute approximate surface area is 199 Å². The zero-order valence-corrected chi connectivity index (χ0v) is 19.6. The van der Waals surface area contributed by atoms with E-state index in [-0.39, 0.29) is 12.0 Å². The summed E-state index contributed by atoms with van der Waals surface area (Å²) in [4.78, 5) is 23.5. The van der Waals surface area contributed by atoms with Crippen LogP contribution < -0.4 is 24.4 Å². The lowest BCUT2D eigenvalue weighted by Gasteiger charge is -2.33. The average molecular weight is 463 g/mol. The molecule has 178 valence electrons. The summed E-state index contributed by atoms with van der Waals surface area (Å²) in [5.41, 5.74) is 1.37. The number of amides is 1. The molecule has 0 bridgehead atoms. The van der Waals surface area contributed by atoms with Crippen LogP contribution in [0, 0.1) is 0 Å². The molecule has 34 heavy (non-hydrogen) atoms. The van der Waals surface area contributed by atoms with E-state index in [1.165, 1.54) is 0 Å². The monoisotopic (exact) mass is 462 g/mol. The molecule has 1 aliphatic heterocycles. The zero-order chi connectivity index (χ0) is 23.8. The molecule has 1 amide bonds. The molecule has 2 heterocycles. The Balaban J connectivity index is 1.34. The van der Waals surface area contributed by atoms with E-state index < -0.39 is 0 Å². The van der Waals surface area contributed by atoms with Gasteiger partial charge in [-0.15, -0.1) is 0 Å². The predicted octanol–water partition coefficient (Wildman–Crippen LogP) is 3.86. The van der Waals surface area contributed by atoms with Crippen LogP contribution >= 0.6 is 0 Å². The number of nitrogens with zero attached hydrogens (tertiary/aromatic N) is 3. The van der Waals surface area contributed by atoms with Crippen LogP contribution in [-0.2, 0) is 6.54 Å². The van der Waals surface area contributed by atoms with Gasteiger partial charge in [0.05, 0.1) is 25.8 Å². The molecule has 8 nitrogen and oxygen atoms in total. The number of nitrogens with one attached hydrogen (secondary N) is 1. The summed E-state index contributed by atoms with van der Waals surface area (Å²) in [5, 5.41) is 2.90. The summed E-state index contributed by atoms with van der Waals surface area (Å²) >= 11 is 0. The van der Waals surface area contributed by atoms with Crippen molar-refractivity contribution in [1.82, 2.24) is 15.3 Å². The minimum atomic E-state index is -0.221. The van der Waals surface area contributed by atoms with E-state index in [2.05, 4.69) is 20.2 Å². The minimum absolute atomic E-state index is 0.00444. The SMILES string of the molecule is CCOc1ccccc1OC1CCCN(c2ncc(C(=O)NCc3cccc(OC)c3)cn2)C1. The number of hydrogen-bond donors (Lipinski definition) is 1. The van der Waals surface area contributed by atoms with Crippen molar-refractivity contribution < 1.29 is 19.0 Å². The number of piperidine rings is 1. The molecule has 0 radical (unpaired) electrons. The number of rotatable bonds is 9. The molecule has 8 heteroatoms. The number of hydrogen-bond acceptors (Lipinski definition) is 7. The van der Waals surface area contributed by atoms with Crippen LogP contribution in [0.5, 0.6) is 17.2 Å². The highest BCUT2D eigenvalue weighted by Crippen LogP contribution is 2.29. The molecule has 0 aliphatic carbocycles. The van der Waals surface area contributed by atoms with Gasteiger partial charge in [0.1, 0.15) is 11.9 Å². The lowest BCUT2D eigenvalue weighted by Crippen LogP contribution is -2.42. The number of ether oxygens (including phenoxy) is 3. The summed E-state index contributed by atoms with van der Waals surface area (Å²) in [7, 11) is 1.62. The van der Waals surface area contributed by atoms with Crippen LogP contribution in [0.2, 0.25) is 0 Å². The van der Waals surface area contributed by atoms with Crippen LogP contribution in [0.1, 0.15) is 35.7 Å². The van der Waals surface area contributed by atoms with Crippen molar-refractivity contribution in [3.8, 4) is 17.2 Å². The second-order valence-corrected chi connectivity index (χ2v) is 8.01. The molecule has 2 aromatic carbocycles. The largest absolute Gasteiger partial charge is 0.497 e. The number of aromatic nitrogens is 2. The van der Waals surface area contributed by atoms with Crippen molar-refractivity contribution in [2.75, 3.05) is 31.7 Å². The van der Waals surface area contributed by atoms with Crippen molar-refractivity contribution in [2.24, 2.45) is 0 Å². The number of anilines is 1. The number of methoxy groups -OCH3 is 1. The standard InChI is InChI=1S/C26H30N4O4/c1-3-33-23-11-4-5-12-24(23)34-22-10-7-13-30(18-22)26-28-16-20(17-29-26)25(31)27-15-19-8-6-9-21(14-19)32-2/h4-6,8-9,11-12,14,16-17,22H,3,7,10,13,15,18H2,1-2H3,(H,27,31). The van der Waals surface area contributed by atoms with Crippen LogP contribution in [0.4, 0.5) is 5.95 Å². The highest BCUT2D eigenvalue weighted by molar-refractivity contribution is 5.93. The van der Waals surface area contributed by atoms with Crippen LogP contribution in [0.25, 0.3) is 0 Å². The molecule has 1 saturated heterocycles. The Morgan fingerprint density at radius 3 is 2.68 bits per heavy atom. The van der Waals surface area contributed by atoms with E-state index in [0.29, 0.717) is 31.2 Å².